The van der Waals surface area contributed by atoms with Crippen LogP contribution < -0.4 is 15.4 Å². The highest BCUT2D eigenvalue weighted by atomic mass is 32.2. The molecule has 2 fully saturated rings. The van der Waals surface area contributed by atoms with Crippen LogP contribution in [0.5, 0.6) is 5.75 Å². The van der Waals surface area contributed by atoms with E-state index in [9.17, 15) is 19.2 Å². The molecule has 1 aromatic carbocycles. The molecule has 2 N–H and O–H groups in total. The van der Waals surface area contributed by atoms with Crippen LogP contribution in [0.4, 0.5) is 9.59 Å². The average molecular weight is 392 g/mol. The average Bonchev–Trinajstić information content (AvgIpc) is 3.00. The smallest absolute Gasteiger partial charge is 0.337 e. The Morgan fingerprint density at radius 3 is 2.44 bits per heavy atom. The summed E-state index contributed by atoms with van der Waals surface area (Å²) in [6, 6.07) is 6.58. The number of hydrogen-bond acceptors (Lipinski definition) is 8. The van der Waals surface area contributed by atoms with E-state index in [1.54, 1.807) is 30.3 Å². The van der Waals surface area contributed by atoms with E-state index in [-0.39, 0.29) is 15.9 Å². The Kier molecular flexibility index (Phi) is 5.02. The lowest BCUT2D eigenvalue weighted by atomic mass is 10.2. The van der Waals surface area contributed by atoms with Gasteiger partial charge in [-0.1, -0.05) is 24.4 Å². The van der Waals surface area contributed by atoms with Gasteiger partial charge >= 0.3 is 5.97 Å². The summed E-state index contributed by atoms with van der Waals surface area (Å²) >= 11 is 6.65. The van der Waals surface area contributed by atoms with Gasteiger partial charge in [0.1, 0.15) is 10.7 Å². The molecule has 2 aliphatic rings. The van der Waals surface area contributed by atoms with E-state index in [4.69, 9.17) is 17.0 Å². The molecule has 2 heterocycles. The number of rotatable bonds is 3. The lowest BCUT2D eigenvalue weighted by Crippen LogP contribution is -2.18. The number of benzene rings is 1. The highest BCUT2D eigenvalue weighted by Crippen LogP contribution is 2.28. The quantitative estimate of drug-likeness (QED) is 0.350. The molecule has 2 saturated heterocycles. The van der Waals surface area contributed by atoms with E-state index in [1.165, 1.54) is 0 Å². The van der Waals surface area contributed by atoms with Gasteiger partial charge in [-0.05, 0) is 47.3 Å². The summed E-state index contributed by atoms with van der Waals surface area (Å²) in [4.78, 5) is 46.5. The van der Waals surface area contributed by atoms with Crippen molar-refractivity contribution in [2.45, 2.75) is 0 Å². The van der Waals surface area contributed by atoms with Gasteiger partial charge in [-0.3, -0.25) is 19.7 Å². The third-order valence-electron chi connectivity index (χ3n) is 2.91. The molecule has 0 radical (unpaired) electrons. The molecule has 0 spiro atoms. The zero-order valence-electron chi connectivity index (χ0n) is 12.2. The van der Waals surface area contributed by atoms with Gasteiger partial charge in [-0.15, -0.1) is 0 Å². The predicted molar refractivity (Wildman–Crippen MR) is 98.0 cm³/mol. The van der Waals surface area contributed by atoms with Crippen molar-refractivity contribution in [2.24, 2.45) is 0 Å². The Bertz CT molecular complexity index is 891. The Balaban J connectivity index is 1.73. The number of carbonyl (C=O) groups is 4. The van der Waals surface area contributed by atoms with Gasteiger partial charge in [0, 0.05) is 6.08 Å². The molecule has 126 valence electrons. The number of ether oxygens (including phenoxy) is 1. The fourth-order valence-corrected chi connectivity index (χ4v) is 3.59. The number of esters is 1. The van der Waals surface area contributed by atoms with Crippen LogP contribution >= 0.6 is 35.7 Å². The highest BCUT2D eigenvalue weighted by Gasteiger charge is 2.26. The first kappa shape index (κ1) is 17.4. The summed E-state index contributed by atoms with van der Waals surface area (Å²) in [5.74, 6) is -1.16. The minimum Gasteiger partial charge on any atom is -0.423 e. The first-order valence-corrected chi connectivity index (χ1v) is 8.76. The highest BCUT2D eigenvalue weighted by molar-refractivity contribution is 8.19. The van der Waals surface area contributed by atoms with Crippen LogP contribution in [0.3, 0.4) is 0 Å². The van der Waals surface area contributed by atoms with Crippen LogP contribution in [0, 0.1) is 0 Å². The van der Waals surface area contributed by atoms with Crippen molar-refractivity contribution in [1.82, 2.24) is 10.6 Å². The first-order valence-electron chi connectivity index (χ1n) is 6.72. The van der Waals surface area contributed by atoms with Crippen molar-refractivity contribution in [3.63, 3.8) is 0 Å². The van der Waals surface area contributed by atoms with Crippen molar-refractivity contribution in [3.05, 3.63) is 45.7 Å². The van der Waals surface area contributed by atoms with Gasteiger partial charge in [0.2, 0.25) is 0 Å². The molecule has 2 aliphatic heterocycles. The molecule has 0 aromatic heterocycles. The lowest BCUT2D eigenvalue weighted by molar-refractivity contribution is -0.129. The molecule has 0 saturated carbocycles. The zero-order valence-corrected chi connectivity index (χ0v) is 14.7. The molecule has 0 bridgehead atoms. The van der Waals surface area contributed by atoms with E-state index in [0.29, 0.717) is 27.2 Å². The molecule has 0 atom stereocenters. The maximum absolute atomic E-state index is 11.9. The summed E-state index contributed by atoms with van der Waals surface area (Å²) < 4.78 is 5.14. The number of hydrogen-bond donors (Lipinski definition) is 2. The minimum absolute atomic E-state index is 0.0226. The normalized spacial score (nSPS) is 20.2. The first-order chi connectivity index (χ1) is 11.9. The third-order valence-corrected chi connectivity index (χ3v) is 5.00. The topological polar surface area (TPSA) is 102 Å². The summed E-state index contributed by atoms with van der Waals surface area (Å²) in [7, 11) is 0. The van der Waals surface area contributed by atoms with Gasteiger partial charge < -0.3 is 10.1 Å². The Morgan fingerprint density at radius 2 is 1.80 bits per heavy atom. The third kappa shape index (κ3) is 4.35. The van der Waals surface area contributed by atoms with Crippen molar-refractivity contribution in [1.29, 1.82) is 0 Å². The molecule has 1 aromatic rings. The van der Waals surface area contributed by atoms with Gasteiger partial charge in [0.15, 0.2) is 0 Å². The summed E-state index contributed by atoms with van der Waals surface area (Å²) in [5.41, 5.74) is 0.683. The van der Waals surface area contributed by atoms with Gasteiger partial charge in [0.05, 0.1) is 9.81 Å². The standard InChI is InChI=1S/C15H8N2O5S3/c18-11(6-9-12(19)16-14(20)24-9)22-8-3-1-2-7(4-8)5-10-13(23)17-15(21)25-10/h1-6H,(H,16,19,20)(H,17,21,23)/b9-6+,10-5-. The van der Waals surface area contributed by atoms with Crippen LogP contribution in [0.25, 0.3) is 6.08 Å². The van der Waals surface area contributed by atoms with Crippen LogP contribution in [0.1, 0.15) is 5.56 Å². The van der Waals surface area contributed by atoms with Crippen LogP contribution in [0.2, 0.25) is 0 Å². The molecular weight excluding hydrogens is 384 g/mol. The lowest BCUT2D eigenvalue weighted by Gasteiger charge is -2.03. The van der Waals surface area contributed by atoms with Crippen molar-refractivity contribution < 1.29 is 23.9 Å². The molecule has 10 heteroatoms. The fraction of sp³-hybridized carbons (Fsp3) is 0. The monoisotopic (exact) mass is 392 g/mol. The molecule has 7 nitrogen and oxygen atoms in total. The van der Waals surface area contributed by atoms with Crippen molar-refractivity contribution >= 4 is 69.2 Å². The molecule has 3 rings (SSSR count). The Labute approximate surface area is 155 Å². The zero-order chi connectivity index (χ0) is 18.0. The molecule has 0 unspecified atom stereocenters. The van der Waals surface area contributed by atoms with Crippen molar-refractivity contribution in [2.75, 3.05) is 0 Å². The number of carbonyl (C=O) groups excluding carboxylic acids is 4. The Hall–Kier alpha value is -2.43. The van der Waals surface area contributed by atoms with E-state index in [2.05, 4.69) is 5.32 Å². The van der Waals surface area contributed by atoms with Crippen LogP contribution in [-0.2, 0) is 9.59 Å². The van der Waals surface area contributed by atoms with E-state index in [0.717, 1.165) is 17.8 Å². The Morgan fingerprint density at radius 1 is 1.08 bits per heavy atom. The maximum atomic E-state index is 11.9. The second-order valence-electron chi connectivity index (χ2n) is 4.70. The van der Waals surface area contributed by atoms with Gasteiger partial charge in [-0.25, -0.2) is 4.79 Å². The van der Waals surface area contributed by atoms with E-state index < -0.39 is 17.1 Å². The largest absolute Gasteiger partial charge is 0.423 e. The minimum atomic E-state index is -0.778. The van der Waals surface area contributed by atoms with Gasteiger partial charge in [0.25, 0.3) is 16.4 Å². The SMILES string of the molecule is O=C(/C=C1/SC(=O)NC1=O)Oc1cccc(/C=C2\SC(=O)NC2=S)c1. The molecule has 3 amide bonds. The summed E-state index contributed by atoms with van der Waals surface area (Å²) in [5, 5.41) is 3.78. The second kappa shape index (κ2) is 7.21. The molecule has 25 heavy (non-hydrogen) atoms. The van der Waals surface area contributed by atoms with E-state index >= 15 is 0 Å². The number of thioether (sulfide) groups is 2. The number of imide groups is 1. The number of nitrogens with one attached hydrogen (secondary N) is 2. The van der Waals surface area contributed by atoms with Crippen LogP contribution in [0.15, 0.2) is 40.2 Å². The summed E-state index contributed by atoms with van der Waals surface area (Å²) in [6.45, 7) is 0. The van der Waals surface area contributed by atoms with Crippen LogP contribution in [-0.4, -0.2) is 27.3 Å². The summed E-state index contributed by atoms with van der Waals surface area (Å²) in [6.07, 6.45) is 2.65. The molecular formula is C15H8N2O5S3. The predicted octanol–water partition coefficient (Wildman–Crippen LogP) is 2.58. The maximum Gasteiger partial charge on any atom is 0.337 e. The van der Waals surface area contributed by atoms with E-state index in [1.807, 2.05) is 5.32 Å². The molecule has 0 aliphatic carbocycles. The second-order valence-corrected chi connectivity index (χ2v) is 7.14. The van der Waals surface area contributed by atoms with Gasteiger partial charge in [-0.2, -0.15) is 0 Å². The number of amides is 3. The van der Waals surface area contributed by atoms with Crippen molar-refractivity contribution in [3.8, 4) is 5.75 Å². The fourth-order valence-electron chi connectivity index (χ4n) is 1.91. The number of thiocarbonyl (C=S) groups is 1.